The van der Waals surface area contributed by atoms with Gasteiger partial charge in [0.2, 0.25) is 0 Å². The average molecular weight is 493 g/mol. The second-order valence-corrected chi connectivity index (χ2v) is 8.42. The van der Waals surface area contributed by atoms with Crippen LogP contribution in [0.25, 0.3) is 6.08 Å². The Balaban J connectivity index is 2.09. The number of anilines is 1. The van der Waals surface area contributed by atoms with Crippen LogP contribution in [0, 0.1) is 0 Å². The molecule has 1 heterocycles. The Hall–Kier alpha value is -2.61. The lowest BCUT2D eigenvalue weighted by Crippen LogP contribution is -2.56. The van der Waals surface area contributed by atoms with Crippen LogP contribution in [0.5, 0.6) is 11.5 Å². The van der Waals surface area contributed by atoms with Gasteiger partial charge in [0.25, 0.3) is 11.8 Å². The van der Waals surface area contributed by atoms with Crippen molar-refractivity contribution in [2.24, 2.45) is 0 Å². The Morgan fingerprint density at radius 2 is 1.75 bits per heavy atom. The van der Waals surface area contributed by atoms with Crippen molar-refractivity contribution in [2.75, 3.05) is 18.6 Å². The first-order valence-electron chi connectivity index (χ1n) is 9.89. The van der Waals surface area contributed by atoms with Gasteiger partial charge >= 0.3 is 0 Å². The summed E-state index contributed by atoms with van der Waals surface area (Å²) in [6.07, 6.45) is 1.37. The summed E-state index contributed by atoms with van der Waals surface area (Å²) in [7, 11) is 1.49. The van der Waals surface area contributed by atoms with E-state index in [4.69, 9.17) is 44.9 Å². The number of halogens is 2. The van der Waals surface area contributed by atoms with Crippen LogP contribution in [-0.2, 0) is 9.59 Å². The van der Waals surface area contributed by atoms with Gasteiger partial charge in [-0.25, -0.2) is 0 Å². The second-order valence-electron chi connectivity index (χ2n) is 7.21. The van der Waals surface area contributed by atoms with Crippen LogP contribution in [0.2, 0.25) is 10.0 Å². The number of amides is 2. The number of hydrogen-bond donors (Lipinski definition) is 0. The summed E-state index contributed by atoms with van der Waals surface area (Å²) in [6.45, 7) is 5.84. The highest BCUT2D eigenvalue weighted by Crippen LogP contribution is 2.38. The van der Waals surface area contributed by atoms with Crippen molar-refractivity contribution >= 4 is 64.1 Å². The molecule has 0 bridgehead atoms. The fourth-order valence-corrected chi connectivity index (χ4v) is 4.00. The van der Waals surface area contributed by atoms with Gasteiger partial charge in [-0.2, -0.15) is 0 Å². The molecule has 0 N–H and O–H groups in total. The lowest BCUT2D eigenvalue weighted by molar-refractivity contribution is -0.127. The molecule has 0 aromatic heterocycles. The summed E-state index contributed by atoms with van der Waals surface area (Å²) in [5.74, 6) is -0.229. The van der Waals surface area contributed by atoms with E-state index in [-0.39, 0.29) is 16.8 Å². The van der Waals surface area contributed by atoms with Gasteiger partial charge in [0.1, 0.15) is 5.57 Å². The number of benzene rings is 2. The summed E-state index contributed by atoms with van der Waals surface area (Å²) >= 11 is 17.8. The Kier molecular flexibility index (Phi) is 7.44. The van der Waals surface area contributed by atoms with Crippen molar-refractivity contribution < 1.29 is 19.1 Å². The number of ether oxygens (including phenoxy) is 2. The van der Waals surface area contributed by atoms with Crippen molar-refractivity contribution in [1.29, 1.82) is 0 Å². The Labute approximate surface area is 202 Å². The monoisotopic (exact) mass is 492 g/mol. The van der Waals surface area contributed by atoms with E-state index in [0.717, 1.165) is 0 Å². The Morgan fingerprint density at radius 3 is 2.31 bits per heavy atom. The molecule has 168 valence electrons. The average Bonchev–Trinajstić information content (AvgIpc) is 2.74. The van der Waals surface area contributed by atoms with E-state index in [1.165, 1.54) is 23.0 Å². The maximum Gasteiger partial charge on any atom is 0.270 e. The molecule has 1 aliphatic heterocycles. The SMILES string of the molecule is CCN1C(=O)/C(=C\c2cc(Cl)c(OC(C)C)c(OC)c2)C(=O)N(c2ccc(Cl)cc2)C1=S. The fourth-order valence-electron chi connectivity index (χ4n) is 3.21. The van der Waals surface area contributed by atoms with Gasteiger partial charge in [-0.3, -0.25) is 19.4 Å². The third-order valence-corrected chi connectivity index (χ3v) is 5.58. The molecule has 0 saturated carbocycles. The number of carbonyl (C=O) groups excluding carboxylic acids is 2. The molecule has 1 fully saturated rings. The quantitative estimate of drug-likeness (QED) is 0.308. The normalized spacial score (nSPS) is 15.7. The van der Waals surface area contributed by atoms with Crippen molar-refractivity contribution in [1.82, 2.24) is 4.90 Å². The highest BCUT2D eigenvalue weighted by molar-refractivity contribution is 7.80. The minimum absolute atomic E-state index is 0.0500. The molecule has 1 saturated heterocycles. The minimum atomic E-state index is -0.537. The molecule has 32 heavy (non-hydrogen) atoms. The van der Waals surface area contributed by atoms with Gasteiger partial charge in [0.15, 0.2) is 16.6 Å². The molecule has 9 heteroatoms. The zero-order valence-corrected chi connectivity index (χ0v) is 20.3. The molecule has 0 unspecified atom stereocenters. The fraction of sp³-hybridized carbons (Fsp3) is 0.261. The van der Waals surface area contributed by atoms with Crippen LogP contribution in [0.4, 0.5) is 5.69 Å². The smallest absolute Gasteiger partial charge is 0.270 e. The lowest BCUT2D eigenvalue weighted by atomic mass is 10.1. The summed E-state index contributed by atoms with van der Waals surface area (Å²) in [5.41, 5.74) is 0.975. The van der Waals surface area contributed by atoms with Gasteiger partial charge in [0, 0.05) is 11.6 Å². The molecule has 0 aliphatic carbocycles. The van der Waals surface area contributed by atoms with Crippen LogP contribution in [0.1, 0.15) is 26.3 Å². The number of methoxy groups -OCH3 is 1. The zero-order chi connectivity index (χ0) is 23.6. The largest absolute Gasteiger partial charge is 0.493 e. The number of carbonyl (C=O) groups is 2. The maximum atomic E-state index is 13.4. The van der Waals surface area contributed by atoms with Gasteiger partial charge in [-0.1, -0.05) is 23.2 Å². The molecule has 2 amide bonds. The van der Waals surface area contributed by atoms with E-state index in [0.29, 0.717) is 39.3 Å². The summed E-state index contributed by atoms with van der Waals surface area (Å²) in [4.78, 5) is 29.1. The summed E-state index contributed by atoms with van der Waals surface area (Å²) < 4.78 is 11.1. The predicted octanol–water partition coefficient (Wildman–Crippen LogP) is 5.35. The molecule has 6 nitrogen and oxygen atoms in total. The van der Waals surface area contributed by atoms with Gasteiger partial charge < -0.3 is 9.47 Å². The van der Waals surface area contributed by atoms with Crippen LogP contribution < -0.4 is 14.4 Å². The summed E-state index contributed by atoms with van der Waals surface area (Å²) in [6, 6.07) is 9.93. The molecular weight excluding hydrogens is 471 g/mol. The second kappa shape index (κ2) is 9.90. The van der Waals surface area contributed by atoms with E-state index in [1.54, 1.807) is 43.3 Å². The van der Waals surface area contributed by atoms with Crippen molar-refractivity contribution in [3.63, 3.8) is 0 Å². The molecule has 2 aromatic carbocycles. The Bertz CT molecular complexity index is 1100. The van der Waals surface area contributed by atoms with E-state index < -0.39 is 11.8 Å². The number of rotatable bonds is 6. The third kappa shape index (κ3) is 4.75. The maximum absolute atomic E-state index is 13.4. The molecule has 0 radical (unpaired) electrons. The highest BCUT2D eigenvalue weighted by Gasteiger charge is 2.39. The third-order valence-electron chi connectivity index (χ3n) is 4.65. The number of hydrogen-bond acceptors (Lipinski definition) is 5. The Morgan fingerprint density at radius 1 is 1.09 bits per heavy atom. The van der Waals surface area contributed by atoms with Crippen molar-refractivity contribution in [2.45, 2.75) is 26.9 Å². The molecule has 0 atom stereocenters. The number of thiocarbonyl (C=S) groups is 1. The summed E-state index contributed by atoms with van der Waals surface area (Å²) in [5, 5.41) is 0.935. The highest BCUT2D eigenvalue weighted by atomic mass is 35.5. The molecule has 0 spiro atoms. The molecule has 2 aromatic rings. The van der Waals surface area contributed by atoms with Crippen LogP contribution >= 0.6 is 35.4 Å². The van der Waals surface area contributed by atoms with Crippen LogP contribution in [0.3, 0.4) is 0 Å². The first-order valence-corrected chi connectivity index (χ1v) is 11.1. The number of nitrogens with zero attached hydrogens (tertiary/aromatic N) is 2. The predicted molar refractivity (Wildman–Crippen MR) is 131 cm³/mol. The molecule has 1 aliphatic rings. The zero-order valence-electron chi connectivity index (χ0n) is 18.0. The van der Waals surface area contributed by atoms with Gasteiger partial charge in [-0.15, -0.1) is 0 Å². The molecular formula is C23H22Cl2N2O4S. The van der Waals surface area contributed by atoms with Crippen LogP contribution in [-0.4, -0.2) is 41.6 Å². The molecule has 3 rings (SSSR count). The first-order chi connectivity index (χ1) is 15.2. The van der Waals surface area contributed by atoms with Crippen LogP contribution in [0.15, 0.2) is 42.0 Å². The number of likely N-dealkylation sites (N-methyl/N-ethyl adjacent to an activating group) is 1. The van der Waals surface area contributed by atoms with Gasteiger partial charge in [-0.05, 0) is 81.0 Å². The topological polar surface area (TPSA) is 59.1 Å². The standard InChI is InChI=1S/C23H22Cl2N2O4S/c1-5-26-21(28)17(22(29)27(23(26)32)16-8-6-15(24)7-9-16)10-14-11-18(25)20(31-13(2)3)19(12-14)30-4/h6-13H,5H2,1-4H3/b17-10+. The van der Waals surface area contributed by atoms with Gasteiger partial charge in [0.05, 0.1) is 23.9 Å². The van der Waals surface area contributed by atoms with E-state index in [9.17, 15) is 9.59 Å². The minimum Gasteiger partial charge on any atom is -0.493 e. The van der Waals surface area contributed by atoms with Crippen molar-refractivity contribution in [3.8, 4) is 11.5 Å². The van der Waals surface area contributed by atoms with Crippen molar-refractivity contribution in [3.05, 3.63) is 57.6 Å². The first kappa shape index (κ1) is 24.0. The van der Waals surface area contributed by atoms with E-state index >= 15 is 0 Å². The van der Waals surface area contributed by atoms with E-state index in [1.807, 2.05) is 13.8 Å². The lowest BCUT2D eigenvalue weighted by Gasteiger charge is -2.36. The van der Waals surface area contributed by atoms with E-state index in [2.05, 4.69) is 0 Å².